The van der Waals surface area contributed by atoms with Gasteiger partial charge in [-0.2, -0.15) is 0 Å². The van der Waals surface area contributed by atoms with Crippen LogP contribution in [0.25, 0.3) is 10.8 Å². The summed E-state index contributed by atoms with van der Waals surface area (Å²) in [7, 11) is 0. The smallest absolute Gasteiger partial charge is 0.326 e. The van der Waals surface area contributed by atoms with Gasteiger partial charge in [0.2, 0.25) is 17.7 Å². The fourth-order valence-electron chi connectivity index (χ4n) is 6.60. The van der Waals surface area contributed by atoms with Crippen molar-refractivity contribution in [1.82, 2.24) is 16.0 Å². The third-order valence-corrected chi connectivity index (χ3v) is 9.59. The summed E-state index contributed by atoms with van der Waals surface area (Å²) >= 11 is 0. The van der Waals surface area contributed by atoms with Crippen molar-refractivity contribution in [2.75, 3.05) is 13.1 Å². The standard InChI is InChI=1S/C41H67N7O5/c1-2-3-4-5-6-7-8-9-10-11-12-13-14-27-37(49)46-34(26-20-29-45-41(43)44)39(51)48-36(33-24-19-22-31-21-15-16-23-32(31)33)30-38(50)47-35(40(52)53)25-17-18-28-42/h15-16,19,21-24,34-36H,2-14,17-18,20,25-30,42H2,1H3,(H,46,49)(H,47,50)(H,48,51)(H,52,53)(H4,43,44,45)/t34-,35-,36-/m0/s1. The van der Waals surface area contributed by atoms with E-state index in [0.29, 0.717) is 37.8 Å². The summed E-state index contributed by atoms with van der Waals surface area (Å²) in [6.07, 6.45) is 18.0. The Hall–Kier alpha value is -4.19. The zero-order valence-corrected chi connectivity index (χ0v) is 32.1. The number of carboxylic acid groups (broad SMARTS) is 1. The summed E-state index contributed by atoms with van der Waals surface area (Å²) in [4.78, 5) is 56.4. The first-order valence-electron chi connectivity index (χ1n) is 20.0. The highest BCUT2D eigenvalue weighted by molar-refractivity contribution is 5.91. The number of nitrogens with two attached hydrogens (primary N) is 3. The number of carbonyl (C=O) groups is 4. The molecule has 12 nitrogen and oxygen atoms in total. The van der Waals surface area contributed by atoms with Crippen molar-refractivity contribution in [3.63, 3.8) is 0 Å². The minimum absolute atomic E-state index is 0.0535. The van der Waals surface area contributed by atoms with Gasteiger partial charge in [0, 0.05) is 13.0 Å². The van der Waals surface area contributed by atoms with Gasteiger partial charge in [-0.25, -0.2) is 4.79 Å². The van der Waals surface area contributed by atoms with Gasteiger partial charge in [-0.3, -0.25) is 19.4 Å². The molecule has 0 aliphatic rings. The monoisotopic (exact) mass is 738 g/mol. The van der Waals surface area contributed by atoms with Gasteiger partial charge in [-0.05, 0) is 61.4 Å². The van der Waals surface area contributed by atoms with Crippen molar-refractivity contribution in [2.24, 2.45) is 22.2 Å². The van der Waals surface area contributed by atoms with Gasteiger partial charge in [0.15, 0.2) is 5.96 Å². The second kappa shape index (κ2) is 27.4. The Morgan fingerprint density at radius 2 is 1.26 bits per heavy atom. The summed E-state index contributed by atoms with van der Waals surface area (Å²) in [5.41, 5.74) is 17.3. The number of fused-ring (bicyclic) bond motifs is 1. The van der Waals surface area contributed by atoms with Crippen LogP contribution < -0.4 is 33.2 Å². The molecule has 3 atom stereocenters. The molecule has 53 heavy (non-hydrogen) atoms. The van der Waals surface area contributed by atoms with E-state index in [2.05, 4.69) is 27.9 Å². The lowest BCUT2D eigenvalue weighted by Gasteiger charge is -2.25. The number of carboxylic acids is 1. The fraction of sp³-hybridized carbons (Fsp3) is 0.634. The molecule has 3 amide bonds. The molecule has 0 aliphatic carbocycles. The van der Waals surface area contributed by atoms with Crippen molar-refractivity contribution >= 4 is 40.4 Å². The molecule has 0 aliphatic heterocycles. The first-order valence-corrected chi connectivity index (χ1v) is 20.0. The molecule has 0 radical (unpaired) electrons. The summed E-state index contributed by atoms with van der Waals surface area (Å²) in [6.45, 7) is 2.96. The van der Waals surface area contributed by atoms with Gasteiger partial charge >= 0.3 is 5.97 Å². The van der Waals surface area contributed by atoms with Crippen LogP contribution in [0.2, 0.25) is 0 Å². The number of benzene rings is 2. The van der Waals surface area contributed by atoms with E-state index in [1.54, 1.807) is 0 Å². The molecule has 0 aromatic heterocycles. The number of aliphatic imine (C=N–C) groups is 1. The minimum Gasteiger partial charge on any atom is -0.480 e. The predicted octanol–water partition coefficient (Wildman–Crippen LogP) is 6.11. The number of hydrogen-bond donors (Lipinski definition) is 7. The average Bonchev–Trinajstić information content (AvgIpc) is 3.13. The molecule has 2 aromatic carbocycles. The van der Waals surface area contributed by atoms with Crippen LogP contribution in [0.3, 0.4) is 0 Å². The zero-order valence-electron chi connectivity index (χ0n) is 32.1. The normalized spacial score (nSPS) is 12.8. The quantitative estimate of drug-likeness (QED) is 0.0282. The summed E-state index contributed by atoms with van der Waals surface area (Å²) in [5, 5.41) is 20.1. The van der Waals surface area contributed by atoms with Crippen LogP contribution >= 0.6 is 0 Å². The van der Waals surface area contributed by atoms with Gasteiger partial charge < -0.3 is 38.3 Å². The minimum atomic E-state index is -1.13. The van der Waals surface area contributed by atoms with Crippen molar-refractivity contribution in [2.45, 2.75) is 153 Å². The number of unbranched alkanes of at least 4 members (excludes halogenated alkanes) is 13. The maximum absolute atomic E-state index is 14.0. The van der Waals surface area contributed by atoms with Crippen LogP contribution in [0.5, 0.6) is 0 Å². The van der Waals surface area contributed by atoms with Gasteiger partial charge in [-0.15, -0.1) is 0 Å². The third-order valence-electron chi connectivity index (χ3n) is 9.59. The molecule has 0 saturated carbocycles. The lowest BCUT2D eigenvalue weighted by molar-refractivity contribution is -0.142. The number of guanidine groups is 1. The maximum Gasteiger partial charge on any atom is 0.326 e. The van der Waals surface area contributed by atoms with Crippen LogP contribution in [-0.2, 0) is 19.2 Å². The Labute approximate surface area is 316 Å². The second-order valence-electron chi connectivity index (χ2n) is 14.1. The Bertz CT molecular complexity index is 1390. The van der Waals surface area contributed by atoms with E-state index < -0.39 is 35.9 Å². The van der Waals surface area contributed by atoms with E-state index in [1.165, 1.54) is 57.8 Å². The largest absolute Gasteiger partial charge is 0.480 e. The highest BCUT2D eigenvalue weighted by atomic mass is 16.4. The van der Waals surface area contributed by atoms with E-state index in [0.717, 1.165) is 36.5 Å². The molecule has 2 aromatic rings. The van der Waals surface area contributed by atoms with Crippen molar-refractivity contribution in [3.8, 4) is 0 Å². The average molecular weight is 738 g/mol. The van der Waals surface area contributed by atoms with E-state index in [-0.39, 0.29) is 37.7 Å². The first kappa shape index (κ1) is 45.0. The molecular formula is C41H67N7O5. The molecule has 296 valence electrons. The topological polar surface area (TPSA) is 215 Å². The predicted molar refractivity (Wildman–Crippen MR) is 214 cm³/mol. The molecule has 10 N–H and O–H groups in total. The Morgan fingerprint density at radius 1 is 0.679 bits per heavy atom. The molecule has 2 rings (SSSR count). The van der Waals surface area contributed by atoms with Crippen LogP contribution in [0, 0.1) is 0 Å². The Balaban J connectivity index is 2.06. The number of amides is 3. The number of aliphatic carboxylic acids is 1. The van der Waals surface area contributed by atoms with Crippen molar-refractivity contribution in [3.05, 3.63) is 48.0 Å². The first-order chi connectivity index (χ1) is 25.7. The SMILES string of the molecule is CCCCCCCCCCCCCCCC(=O)N[C@@H](CCCN=C(N)N)C(=O)N[C@@H](CC(=O)N[C@@H](CCCCN)C(=O)O)c1cccc2ccccc12. The lowest BCUT2D eigenvalue weighted by Crippen LogP contribution is -2.49. The van der Waals surface area contributed by atoms with Crippen molar-refractivity contribution in [1.29, 1.82) is 0 Å². The third kappa shape index (κ3) is 19.5. The number of nitrogens with one attached hydrogen (secondary N) is 3. The molecule has 12 heteroatoms. The molecule has 0 saturated heterocycles. The molecule has 0 unspecified atom stereocenters. The van der Waals surface area contributed by atoms with Crippen LogP contribution in [0.15, 0.2) is 47.5 Å². The van der Waals surface area contributed by atoms with E-state index >= 15 is 0 Å². The van der Waals surface area contributed by atoms with Gasteiger partial charge in [0.05, 0.1) is 12.5 Å². The highest BCUT2D eigenvalue weighted by Crippen LogP contribution is 2.27. The summed E-state index contributed by atoms with van der Waals surface area (Å²) in [6, 6.07) is 10.5. The van der Waals surface area contributed by atoms with Gasteiger partial charge in [0.25, 0.3) is 0 Å². The van der Waals surface area contributed by atoms with E-state index in [4.69, 9.17) is 17.2 Å². The van der Waals surface area contributed by atoms with Crippen LogP contribution in [-0.4, -0.2) is 59.9 Å². The van der Waals surface area contributed by atoms with Gasteiger partial charge in [0.1, 0.15) is 12.1 Å². The molecular weight excluding hydrogens is 670 g/mol. The zero-order chi connectivity index (χ0) is 38.7. The molecule has 0 spiro atoms. The van der Waals surface area contributed by atoms with E-state index in [9.17, 15) is 24.3 Å². The van der Waals surface area contributed by atoms with Gasteiger partial charge in [-0.1, -0.05) is 126 Å². The highest BCUT2D eigenvalue weighted by Gasteiger charge is 2.28. The Kier molecular flexibility index (Phi) is 23.3. The number of rotatable bonds is 30. The summed E-state index contributed by atoms with van der Waals surface area (Å²) in [5.74, 6) is -2.36. The lowest BCUT2D eigenvalue weighted by atomic mass is 9.95. The van der Waals surface area contributed by atoms with Crippen LogP contribution in [0.4, 0.5) is 0 Å². The van der Waals surface area contributed by atoms with Crippen molar-refractivity contribution < 1.29 is 24.3 Å². The van der Waals surface area contributed by atoms with Crippen LogP contribution in [0.1, 0.15) is 147 Å². The molecule has 0 heterocycles. The summed E-state index contributed by atoms with van der Waals surface area (Å²) < 4.78 is 0. The number of hydrogen-bond acceptors (Lipinski definition) is 6. The molecule has 0 bridgehead atoms. The number of carbonyl (C=O) groups excluding carboxylic acids is 3. The molecule has 0 fully saturated rings. The maximum atomic E-state index is 14.0. The van der Waals surface area contributed by atoms with E-state index in [1.807, 2.05) is 42.5 Å². The number of nitrogens with zero attached hydrogens (tertiary/aromatic N) is 1. The fourth-order valence-corrected chi connectivity index (χ4v) is 6.60. The second-order valence-corrected chi connectivity index (χ2v) is 14.1. The Morgan fingerprint density at radius 3 is 1.89 bits per heavy atom.